The molecule has 0 saturated carbocycles. The van der Waals surface area contributed by atoms with Gasteiger partial charge in [-0.05, 0) is 53.8 Å². The fraction of sp³-hybridized carbons (Fsp3) is 0.419. The third-order valence-corrected chi connectivity index (χ3v) is 10.3. The Morgan fingerprint density at radius 3 is 2.24 bits per heavy atom. The number of piperazine rings is 3. The number of carboxylic acids is 1. The van der Waals surface area contributed by atoms with Crippen molar-refractivity contribution in [1.29, 1.82) is 0 Å². The van der Waals surface area contributed by atoms with Gasteiger partial charge in [-0.25, -0.2) is 4.79 Å². The number of carbonyl (C=O) groups is 4. The third-order valence-electron chi connectivity index (χ3n) is 10.3. The predicted molar refractivity (Wildman–Crippen MR) is 148 cm³/mol. The molecule has 2 bridgehead atoms. The Morgan fingerprint density at radius 1 is 0.951 bits per heavy atom. The molecule has 3 atom stereocenters. The van der Waals surface area contributed by atoms with Gasteiger partial charge in [-0.2, -0.15) is 0 Å². The van der Waals surface area contributed by atoms with E-state index in [-0.39, 0.29) is 29.3 Å². The van der Waals surface area contributed by atoms with Crippen molar-refractivity contribution in [2.75, 3.05) is 45.8 Å². The van der Waals surface area contributed by atoms with Crippen LogP contribution in [-0.2, 0) is 20.9 Å². The molecule has 10 heteroatoms. The van der Waals surface area contributed by atoms with E-state index in [1.807, 2.05) is 24.3 Å². The molecule has 6 aliphatic rings. The summed E-state index contributed by atoms with van der Waals surface area (Å²) in [6.07, 6.45) is -0.535. The summed E-state index contributed by atoms with van der Waals surface area (Å²) >= 11 is 0. The number of carboxylic acid groups (broad SMARTS) is 1. The molecule has 5 aliphatic heterocycles. The van der Waals surface area contributed by atoms with E-state index < -0.39 is 18.0 Å². The summed E-state index contributed by atoms with van der Waals surface area (Å²) in [5.41, 5.74) is 10.7. The Hall–Kier alpha value is -3.86. The summed E-state index contributed by atoms with van der Waals surface area (Å²) in [5, 5.41) is 20.0. The van der Waals surface area contributed by atoms with E-state index in [1.54, 1.807) is 13.0 Å². The summed E-state index contributed by atoms with van der Waals surface area (Å²) < 4.78 is 1.78. The Labute approximate surface area is 237 Å². The standard InChI is InChI=1S/C31H32N4O6/c1-17(36)27-25-14-22(28(31(40)41)33(25)30(27)39)19-3-5-20-23-12-18(2-4-21(23)29(38)24(20)13-19)15-34-6-9-35(10-7-34,11-8-34)16-26(32)37/h2-5,12-13,17,25,27,36H,6-11,14-16H2,1H3,(H-2,32,37,40,41)/p+2/t17-,25-,27-,34?,35?/m1/s1. The van der Waals surface area contributed by atoms with Gasteiger partial charge in [0.05, 0.1) is 18.1 Å². The second-order valence-electron chi connectivity index (χ2n) is 12.7. The van der Waals surface area contributed by atoms with Gasteiger partial charge in [0.1, 0.15) is 51.5 Å². The predicted octanol–water partition coefficient (Wildman–Crippen LogP) is 0.951. The first-order valence-electron chi connectivity index (χ1n) is 14.3. The number of nitrogens with zero attached hydrogens (tertiary/aromatic N) is 3. The van der Waals surface area contributed by atoms with Crippen LogP contribution in [0.3, 0.4) is 0 Å². The molecule has 2 aromatic carbocycles. The molecule has 2 aromatic rings. The number of fused-ring (bicyclic) bond motifs is 7. The van der Waals surface area contributed by atoms with E-state index in [1.165, 1.54) is 10.5 Å². The van der Waals surface area contributed by atoms with E-state index >= 15 is 0 Å². The van der Waals surface area contributed by atoms with Gasteiger partial charge in [0.15, 0.2) is 12.3 Å². The second-order valence-corrected chi connectivity index (χ2v) is 12.7. The van der Waals surface area contributed by atoms with Crippen molar-refractivity contribution in [2.24, 2.45) is 11.7 Å². The zero-order chi connectivity index (χ0) is 28.8. The van der Waals surface area contributed by atoms with Crippen LogP contribution in [0, 0.1) is 5.92 Å². The first-order chi connectivity index (χ1) is 19.5. The fourth-order valence-corrected chi connectivity index (χ4v) is 8.07. The molecule has 8 rings (SSSR count). The lowest BCUT2D eigenvalue weighted by atomic mass is 9.82. The molecule has 5 heterocycles. The number of ketones is 1. The molecule has 0 spiro atoms. The molecule has 4 saturated heterocycles. The molecule has 10 nitrogen and oxygen atoms in total. The van der Waals surface area contributed by atoms with E-state index in [0.717, 1.165) is 65.9 Å². The number of rotatable bonds is 7. The van der Waals surface area contributed by atoms with Crippen LogP contribution in [0.4, 0.5) is 0 Å². The van der Waals surface area contributed by atoms with Crippen LogP contribution in [0.15, 0.2) is 42.1 Å². The number of aliphatic hydroxyl groups excluding tert-OH is 1. The number of quaternary nitrogens is 2. The maximum atomic E-state index is 13.5. The smallest absolute Gasteiger partial charge is 0.352 e. The minimum atomic E-state index is -1.19. The van der Waals surface area contributed by atoms with Gasteiger partial charge in [0.2, 0.25) is 5.91 Å². The highest BCUT2D eigenvalue weighted by molar-refractivity contribution is 6.22. The number of aliphatic carboxylic acids is 1. The van der Waals surface area contributed by atoms with Crippen molar-refractivity contribution in [3.05, 3.63) is 64.3 Å². The minimum absolute atomic E-state index is 0.0578. The molecule has 0 aromatic heterocycles. The van der Waals surface area contributed by atoms with Gasteiger partial charge in [-0.15, -0.1) is 0 Å². The van der Waals surface area contributed by atoms with E-state index in [2.05, 4.69) is 6.07 Å². The van der Waals surface area contributed by atoms with Crippen LogP contribution in [0.1, 0.15) is 40.4 Å². The number of aliphatic hydroxyl groups is 1. The maximum Gasteiger partial charge on any atom is 0.352 e. The number of carbonyl (C=O) groups excluding carboxylic acids is 3. The third kappa shape index (κ3) is 3.81. The summed E-state index contributed by atoms with van der Waals surface area (Å²) in [6, 6.07) is 11.2. The lowest BCUT2D eigenvalue weighted by Crippen LogP contribution is -2.75. The number of hydrogen-bond donors (Lipinski definition) is 3. The van der Waals surface area contributed by atoms with Crippen LogP contribution < -0.4 is 5.73 Å². The first kappa shape index (κ1) is 26.1. The summed E-state index contributed by atoms with van der Waals surface area (Å²) in [7, 11) is 0. The number of primary amides is 1. The fourth-order valence-electron chi connectivity index (χ4n) is 8.07. The average Bonchev–Trinajstić information content (AvgIpc) is 3.41. The molecule has 212 valence electrons. The van der Waals surface area contributed by atoms with Crippen molar-refractivity contribution in [3.8, 4) is 11.1 Å². The highest BCUT2D eigenvalue weighted by Gasteiger charge is 2.57. The summed E-state index contributed by atoms with van der Waals surface area (Å²) in [5.74, 6) is -2.50. The molecular formula is C31H34N4O6+2. The van der Waals surface area contributed by atoms with Crippen LogP contribution in [0.25, 0.3) is 16.7 Å². The quantitative estimate of drug-likeness (QED) is 0.292. The van der Waals surface area contributed by atoms with E-state index in [4.69, 9.17) is 5.73 Å². The molecule has 4 N–H and O–H groups in total. The summed E-state index contributed by atoms with van der Waals surface area (Å²) in [4.78, 5) is 51.2. The van der Waals surface area contributed by atoms with Crippen LogP contribution in [-0.4, -0.2) is 106 Å². The normalized spacial score (nSPS) is 30.1. The molecule has 0 unspecified atom stereocenters. The lowest BCUT2D eigenvalue weighted by molar-refractivity contribution is -1.08. The van der Waals surface area contributed by atoms with Crippen molar-refractivity contribution in [1.82, 2.24) is 4.90 Å². The number of nitrogens with two attached hydrogens (primary N) is 1. The zero-order valence-corrected chi connectivity index (χ0v) is 23.0. The number of benzene rings is 2. The molecule has 1 aliphatic carbocycles. The van der Waals surface area contributed by atoms with Crippen LogP contribution in [0.2, 0.25) is 0 Å². The molecule has 4 fully saturated rings. The van der Waals surface area contributed by atoms with Crippen molar-refractivity contribution < 1.29 is 38.4 Å². The lowest BCUT2D eigenvalue weighted by Gasteiger charge is -2.55. The van der Waals surface area contributed by atoms with Gasteiger partial charge in [-0.3, -0.25) is 14.4 Å². The minimum Gasteiger partial charge on any atom is -0.477 e. The van der Waals surface area contributed by atoms with E-state index in [9.17, 15) is 29.4 Å². The van der Waals surface area contributed by atoms with Crippen LogP contribution in [0.5, 0.6) is 0 Å². The monoisotopic (exact) mass is 558 g/mol. The van der Waals surface area contributed by atoms with Crippen molar-refractivity contribution >= 4 is 29.1 Å². The molecular weight excluding hydrogens is 524 g/mol. The molecule has 0 radical (unpaired) electrons. The highest BCUT2D eigenvalue weighted by atomic mass is 16.4. The molecule has 41 heavy (non-hydrogen) atoms. The number of β-lactam (4-membered cyclic amide) rings is 1. The van der Waals surface area contributed by atoms with Gasteiger partial charge in [0.25, 0.3) is 5.91 Å². The SMILES string of the molecule is C[C@@H](O)[C@H]1C(=O)N2C(C(=O)O)=C(c3ccc4c(c3)C(=O)c3ccc(C[N+]56CC[N+](CC(N)=O)(CC5)CC6)cc3-4)C[C@H]12. The Kier molecular flexibility index (Phi) is 5.61. The number of hydrogen-bond acceptors (Lipinski definition) is 5. The van der Waals surface area contributed by atoms with Gasteiger partial charge >= 0.3 is 5.97 Å². The number of amides is 2. The average molecular weight is 559 g/mol. The topological polar surface area (TPSA) is 138 Å². The van der Waals surface area contributed by atoms with Crippen LogP contribution >= 0.6 is 0 Å². The highest BCUT2D eigenvalue weighted by Crippen LogP contribution is 2.48. The zero-order valence-electron chi connectivity index (χ0n) is 23.0. The largest absolute Gasteiger partial charge is 0.477 e. The van der Waals surface area contributed by atoms with Crippen molar-refractivity contribution in [2.45, 2.75) is 32.0 Å². The Bertz CT molecular complexity index is 1570. The van der Waals surface area contributed by atoms with Crippen molar-refractivity contribution in [3.63, 3.8) is 0 Å². The Balaban J connectivity index is 1.16. The molecule has 2 amide bonds. The first-order valence-corrected chi connectivity index (χ1v) is 14.3. The Morgan fingerprint density at radius 2 is 1.61 bits per heavy atom. The van der Waals surface area contributed by atoms with E-state index in [0.29, 0.717) is 35.2 Å². The second kappa shape index (κ2) is 8.82. The maximum absolute atomic E-state index is 13.5. The summed E-state index contributed by atoms with van der Waals surface area (Å²) in [6.45, 7) is 8.70. The van der Waals surface area contributed by atoms with Gasteiger partial charge < -0.3 is 29.8 Å². The van der Waals surface area contributed by atoms with Gasteiger partial charge in [-0.1, -0.05) is 18.2 Å². The van der Waals surface area contributed by atoms with Gasteiger partial charge in [0, 0.05) is 16.7 Å².